The molecule has 0 unspecified atom stereocenters. The summed E-state index contributed by atoms with van der Waals surface area (Å²) < 4.78 is 0. The van der Waals surface area contributed by atoms with E-state index in [9.17, 15) is 4.79 Å². The van der Waals surface area contributed by atoms with Crippen LogP contribution >= 0.6 is 34.8 Å². The van der Waals surface area contributed by atoms with Crippen molar-refractivity contribution in [1.82, 2.24) is 0 Å². The van der Waals surface area contributed by atoms with Crippen LogP contribution < -0.4 is 5.32 Å². The van der Waals surface area contributed by atoms with Gasteiger partial charge in [0, 0.05) is 6.42 Å². The van der Waals surface area contributed by atoms with Gasteiger partial charge in [-0.25, -0.2) is 0 Å². The van der Waals surface area contributed by atoms with E-state index in [1.54, 1.807) is 6.07 Å². The summed E-state index contributed by atoms with van der Waals surface area (Å²) >= 11 is 17.9. The van der Waals surface area contributed by atoms with E-state index in [0.717, 1.165) is 5.56 Å². The lowest BCUT2D eigenvalue weighted by Gasteiger charge is -2.19. The van der Waals surface area contributed by atoms with Crippen molar-refractivity contribution in [2.75, 3.05) is 5.32 Å². The van der Waals surface area contributed by atoms with Crippen LogP contribution in [0.1, 0.15) is 38.3 Å². The number of hydrogen-bond donors (Lipinski definition) is 1. The van der Waals surface area contributed by atoms with Gasteiger partial charge in [0.1, 0.15) is 0 Å². The first-order valence-corrected chi connectivity index (χ1v) is 8.84. The lowest BCUT2D eigenvalue weighted by Crippen LogP contribution is -2.13. The number of aryl methyl sites for hydroxylation is 1. The van der Waals surface area contributed by atoms with Gasteiger partial charge in [-0.15, -0.1) is 0 Å². The van der Waals surface area contributed by atoms with Crippen LogP contribution in [0, 0.1) is 0 Å². The normalized spacial score (nSPS) is 11.4. The average Bonchev–Trinajstić information content (AvgIpc) is 2.50. The van der Waals surface area contributed by atoms with Gasteiger partial charge < -0.3 is 5.32 Å². The van der Waals surface area contributed by atoms with Crippen molar-refractivity contribution < 1.29 is 4.79 Å². The summed E-state index contributed by atoms with van der Waals surface area (Å²) in [6, 6.07) is 11.4. The van der Waals surface area contributed by atoms with E-state index < -0.39 is 0 Å². The Morgan fingerprint density at radius 1 is 0.958 bits per heavy atom. The molecule has 0 spiro atoms. The van der Waals surface area contributed by atoms with Crippen molar-refractivity contribution in [2.24, 2.45) is 0 Å². The minimum atomic E-state index is -0.116. The topological polar surface area (TPSA) is 29.1 Å². The fraction of sp³-hybridized carbons (Fsp3) is 0.316. The molecule has 1 amide bonds. The molecule has 0 aliphatic carbocycles. The Morgan fingerprint density at radius 2 is 1.54 bits per heavy atom. The average molecular weight is 385 g/mol. The van der Waals surface area contributed by atoms with E-state index in [2.05, 4.69) is 50.4 Å². The second-order valence-electron chi connectivity index (χ2n) is 6.74. The first-order valence-electron chi connectivity index (χ1n) is 7.70. The second-order valence-corrected chi connectivity index (χ2v) is 7.96. The van der Waals surface area contributed by atoms with Crippen molar-refractivity contribution in [3.05, 3.63) is 62.6 Å². The lowest BCUT2D eigenvalue weighted by atomic mass is 9.86. The minimum absolute atomic E-state index is 0.116. The maximum atomic E-state index is 12.1. The van der Waals surface area contributed by atoms with Crippen LogP contribution in [0.25, 0.3) is 0 Å². The van der Waals surface area contributed by atoms with Crippen LogP contribution in [-0.2, 0) is 16.6 Å². The maximum absolute atomic E-state index is 12.1. The Labute approximate surface area is 158 Å². The summed E-state index contributed by atoms with van der Waals surface area (Å²) in [4.78, 5) is 12.1. The number of carbonyl (C=O) groups excluding carboxylic acids is 1. The van der Waals surface area contributed by atoms with Gasteiger partial charge in [-0.3, -0.25) is 4.79 Å². The predicted octanol–water partition coefficient (Wildman–Crippen LogP) is 6.52. The van der Waals surface area contributed by atoms with Gasteiger partial charge in [-0.05, 0) is 35.1 Å². The summed E-state index contributed by atoms with van der Waals surface area (Å²) in [6.07, 6.45) is 1.03. The summed E-state index contributed by atoms with van der Waals surface area (Å²) in [5, 5.41) is 3.85. The number of halogens is 3. The first-order chi connectivity index (χ1) is 11.2. The molecule has 0 aromatic heterocycles. The fourth-order valence-corrected chi connectivity index (χ4v) is 2.85. The van der Waals surface area contributed by atoms with Crippen LogP contribution in [-0.4, -0.2) is 5.91 Å². The standard InChI is InChI=1S/C19H20Cl3NO/c1-19(2,3)13-7-4-12(5-8-13)6-9-18(24)23-17-11-15(21)14(20)10-16(17)22/h4-5,7-8,10-11H,6,9H2,1-3H3,(H,23,24). The van der Waals surface area contributed by atoms with Crippen LogP contribution in [0.5, 0.6) is 0 Å². The zero-order valence-corrected chi connectivity index (χ0v) is 16.2. The molecule has 0 heterocycles. The number of hydrogen-bond acceptors (Lipinski definition) is 1. The summed E-state index contributed by atoms with van der Waals surface area (Å²) in [5.74, 6) is -0.116. The van der Waals surface area contributed by atoms with Gasteiger partial charge >= 0.3 is 0 Å². The molecule has 0 fully saturated rings. The Bertz CT molecular complexity index is 734. The van der Waals surface area contributed by atoms with E-state index >= 15 is 0 Å². The molecule has 0 bridgehead atoms. The molecule has 0 aliphatic heterocycles. The Morgan fingerprint density at radius 3 is 2.12 bits per heavy atom. The Hall–Kier alpha value is -1.22. The highest BCUT2D eigenvalue weighted by molar-refractivity contribution is 6.44. The molecule has 0 aliphatic rings. The molecule has 2 aromatic rings. The molecular weight excluding hydrogens is 365 g/mol. The second kappa shape index (κ2) is 7.77. The SMILES string of the molecule is CC(C)(C)c1ccc(CCC(=O)Nc2cc(Cl)c(Cl)cc2Cl)cc1. The van der Waals surface area contributed by atoms with Gasteiger partial charge in [-0.2, -0.15) is 0 Å². The van der Waals surface area contributed by atoms with Gasteiger partial charge in [-0.1, -0.05) is 79.8 Å². The molecule has 2 nitrogen and oxygen atoms in total. The molecule has 2 rings (SSSR count). The van der Waals surface area contributed by atoms with Gasteiger partial charge in [0.15, 0.2) is 0 Å². The van der Waals surface area contributed by atoms with Crippen molar-refractivity contribution in [3.8, 4) is 0 Å². The van der Waals surface area contributed by atoms with E-state index in [1.165, 1.54) is 11.6 Å². The Balaban J connectivity index is 1.95. The quantitative estimate of drug-likeness (QED) is 0.598. The van der Waals surface area contributed by atoms with Gasteiger partial charge in [0.25, 0.3) is 0 Å². The summed E-state index contributed by atoms with van der Waals surface area (Å²) in [7, 11) is 0. The van der Waals surface area contributed by atoms with Crippen LogP contribution in [0.3, 0.4) is 0 Å². The van der Waals surface area contributed by atoms with E-state index in [4.69, 9.17) is 34.8 Å². The molecule has 0 saturated heterocycles. The molecular formula is C19H20Cl3NO. The molecule has 0 radical (unpaired) electrons. The minimum Gasteiger partial charge on any atom is -0.325 e. The van der Waals surface area contributed by atoms with Crippen molar-refractivity contribution in [3.63, 3.8) is 0 Å². The third-order valence-electron chi connectivity index (χ3n) is 3.74. The zero-order chi connectivity index (χ0) is 17.9. The van der Waals surface area contributed by atoms with Crippen LogP contribution in [0.15, 0.2) is 36.4 Å². The smallest absolute Gasteiger partial charge is 0.224 e. The molecule has 24 heavy (non-hydrogen) atoms. The number of anilines is 1. The molecule has 0 saturated carbocycles. The van der Waals surface area contributed by atoms with Gasteiger partial charge in [0.2, 0.25) is 5.91 Å². The number of rotatable bonds is 4. The highest BCUT2D eigenvalue weighted by Crippen LogP contribution is 2.32. The lowest BCUT2D eigenvalue weighted by molar-refractivity contribution is -0.116. The van der Waals surface area contributed by atoms with Crippen molar-refractivity contribution in [2.45, 2.75) is 39.0 Å². The fourth-order valence-electron chi connectivity index (χ4n) is 2.26. The number of nitrogens with one attached hydrogen (secondary N) is 1. The molecule has 2 aromatic carbocycles. The number of carbonyl (C=O) groups is 1. The largest absolute Gasteiger partial charge is 0.325 e. The highest BCUT2D eigenvalue weighted by atomic mass is 35.5. The first kappa shape index (κ1) is 19.1. The van der Waals surface area contributed by atoms with Crippen molar-refractivity contribution in [1.29, 1.82) is 0 Å². The molecule has 128 valence electrons. The van der Waals surface area contributed by atoms with Crippen LogP contribution in [0.4, 0.5) is 5.69 Å². The van der Waals surface area contributed by atoms with E-state index in [-0.39, 0.29) is 11.3 Å². The third-order valence-corrected chi connectivity index (χ3v) is 4.78. The van der Waals surface area contributed by atoms with E-state index in [0.29, 0.717) is 33.6 Å². The molecule has 0 atom stereocenters. The third kappa shape index (κ3) is 5.14. The molecule has 1 N–H and O–H groups in total. The Kier molecular flexibility index (Phi) is 6.19. The van der Waals surface area contributed by atoms with Crippen LogP contribution in [0.2, 0.25) is 15.1 Å². The predicted molar refractivity (Wildman–Crippen MR) is 104 cm³/mol. The number of benzene rings is 2. The van der Waals surface area contributed by atoms with Crippen molar-refractivity contribution >= 4 is 46.4 Å². The van der Waals surface area contributed by atoms with E-state index in [1.807, 2.05) is 0 Å². The highest BCUT2D eigenvalue weighted by Gasteiger charge is 2.13. The van der Waals surface area contributed by atoms with Gasteiger partial charge in [0.05, 0.1) is 20.8 Å². The summed E-state index contributed by atoms with van der Waals surface area (Å²) in [5.41, 5.74) is 3.00. The monoisotopic (exact) mass is 383 g/mol. The maximum Gasteiger partial charge on any atom is 0.224 e. The number of amides is 1. The zero-order valence-electron chi connectivity index (χ0n) is 13.9. The molecule has 5 heteroatoms. The summed E-state index contributed by atoms with van der Waals surface area (Å²) in [6.45, 7) is 6.53.